The number of rotatable bonds is 7. The van der Waals surface area contributed by atoms with E-state index in [1.54, 1.807) is 0 Å². The summed E-state index contributed by atoms with van der Waals surface area (Å²) in [6, 6.07) is 4.50. The van der Waals surface area contributed by atoms with Crippen molar-refractivity contribution in [1.29, 1.82) is 0 Å². The van der Waals surface area contributed by atoms with E-state index < -0.39 is 5.54 Å². The Kier molecular flexibility index (Phi) is 9.26. The first kappa shape index (κ1) is 40.5. The van der Waals surface area contributed by atoms with Crippen molar-refractivity contribution in [3.63, 3.8) is 0 Å². The maximum Gasteiger partial charge on any atom is 0.162 e. The number of quaternary nitrogens is 1. The quantitative estimate of drug-likeness (QED) is 0.220. The fourth-order valence-corrected chi connectivity index (χ4v) is 16.9. The van der Waals surface area contributed by atoms with Crippen LogP contribution in [-0.4, -0.2) is 63.7 Å². The van der Waals surface area contributed by atoms with Crippen molar-refractivity contribution in [2.45, 2.75) is 156 Å². The number of likely N-dealkylation sites (N-methyl/N-ethyl adjacent to an activating group) is 1. The van der Waals surface area contributed by atoms with Gasteiger partial charge in [0.15, 0.2) is 5.70 Å². The second-order valence-corrected chi connectivity index (χ2v) is 24.1. The zero-order chi connectivity index (χ0) is 40.8. The van der Waals surface area contributed by atoms with Gasteiger partial charge >= 0.3 is 0 Å². The summed E-state index contributed by atoms with van der Waals surface area (Å²) in [6.45, 7) is 27.5. The molecule has 5 aliphatic carbocycles. The molecule has 1 aromatic heterocycles. The van der Waals surface area contributed by atoms with Crippen LogP contribution in [0.4, 0.5) is 0 Å². The molecule has 3 saturated carbocycles. The van der Waals surface area contributed by atoms with Gasteiger partial charge in [-0.25, -0.2) is 0 Å². The largest absolute Gasteiger partial charge is 0.490 e. The van der Waals surface area contributed by atoms with Crippen molar-refractivity contribution in [2.24, 2.45) is 73.4 Å². The molecule has 6 nitrogen and oxygen atoms in total. The van der Waals surface area contributed by atoms with Crippen LogP contribution in [0.3, 0.4) is 0 Å². The maximum absolute atomic E-state index is 7.64. The van der Waals surface area contributed by atoms with E-state index in [0.29, 0.717) is 52.0 Å². The lowest BCUT2D eigenvalue weighted by Gasteiger charge is -2.78. The highest BCUT2D eigenvalue weighted by Gasteiger charge is 2.81. The molecule has 0 amide bonds. The van der Waals surface area contributed by atoms with Gasteiger partial charge in [0.25, 0.3) is 0 Å². The lowest BCUT2D eigenvalue weighted by molar-refractivity contribution is -0.885. The minimum atomic E-state index is -0.487. The van der Waals surface area contributed by atoms with Crippen LogP contribution in [0, 0.1) is 62.6 Å². The zero-order valence-electron chi connectivity index (χ0n) is 37.5. The van der Waals surface area contributed by atoms with Gasteiger partial charge in [0.1, 0.15) is 23.5 Å². The molecule has 15 atom stereocenters. The first-order valence-electron chi connectivity index (χ1n) is 22.9. The lowest BCUT2D eigenvalue weighted by Crippen LogP contribution is -2.78. The van der Waals surface area contributed by atoms with Crippen LogP contribution >= 0.6 is 11.8 Å². The van der Waals surface area contributed by atoms with E-state index in [0.717, 1.165) is 31.4 Å². The van der Waals surface area contributed by atoms with E-state index in [-0.39, 0.29) is 44.8 Å². The second-order valence-electron chi connectivity index (χ2n) is 22.7. The van der Waals surface area contributed by atoms with Gasteiger partial charge in [-0.1, -0.05) is 86.0 Å². The third-order valence-electron chi connectivity index (χ3n) is 19.3. The number of hydrogen-bond acceptors (Lipinski definition) is 6. The SMILES string of the molecule is CC(C)C(C)C12CCC3(C)C4CCC5C6(C)CSC(C)C5(C4=CCC34C=C(O1)C24)C(C)C([N+]1(C)N=CCCCC=C1c1ccncc1)C6OCC(C)(N)C(C)(C)C. The Morgan fingerprint density at radius 3 is 2.46 bits per heavy atom. The van der Waals surface area contributed by atoms with Crippen LogP contribution in [-0.2, 0) is 9.47 Å². The average molecular weight is 796 g/mol. The van der Waals surface area contributed by atoms with Gasteiger partial charge in [0.2, 0.25) is 0 Å². The number of pyridine rings is 1. The van der Waals surface area contributed by atoms with E-state index in [1.807, 2.05) is 18.0 Å². The van der Waals surface area contributed by atoms with E-state index in [1.165, 1.54) is 42.7 Å². The molecule has 2 N–H and O–H groups in total. The molecule has 2 bridgehead atoms. The van der Waals surface area contributed by atoms with Crippen molar-refractivity contribution >= 4 is 23.7 Å². The summed E-state index contributed by atoms with van der Waals surface area (Å²) in [6.07, 6.45) is 23.4. The molecule has 57 heavy (non-hydrogen) atoms. The molecule has 8 aliphatic rings. The summed E-state index contributed by atoms with van der Waals surface area (Å²) in [5.74, 6) is 5.59. The molecule has 1 spiro atoms. The van der Waals surface area contributed by atoms with Gasteiger partial charge in [0, 0.05) is 56.7 Å². The first-order chi connectivity index (χ1) is 26.8. The van der Waals surface area contributed by atoms with Gasteiger partial charge < -0.3 is 15.2 Å². The second kappa shape index (κ2) is 13.0. The monoisotopic (exact) mass is 796 g/mol. The van der Waals surface area contributed by atoms with Crippen molar-refractivity contribution in [3.8, 4) is 0 Å². The number of nitrogens with two attached hydrogens (primary N) is 1. The first-order valence-corrected chi connectivity index (χ1v) is 24.0. The molecule has 9 rings (SSSR count). The summed E-state index contributed by atoms with van der Waals surface area (Å²) >= 11 is 2.24. The van der Waals surface area contributed by atoms with Gasteiger partial charge in [-0.3, -0.25) is 4.98 Å². The number of nitrogens with zero attached hydrogens (tertiary/aromatic N) is 3. The van der Waals surface area contributed by atoms with Crippen LogP contribution in [0.25, 0.3) is 5.70 Å². The number of aromatic nitrogens is 1. The number of allylic oxidation sites excluding steroid dienone is 4. The van der Waals surface area contributed by atoms with Gasteiger partial charge in [-0.05, 0) is 117 Å². The summed E-state index contributed by atoms with van der Waals surface area (Å²) in [7, 11) is 2.42. The number of ether oxygens (including phenoxy) is 2. The predicted molar refractivity (Wildman–Crippen MR) is 236 cm³/mol. The van der Waals surface area contributed by atoms with E-state index in [2.05, 4.69) is 137 Å². The fraction of sp³-hybridized carbons (Fsp3) is 0.760. The topological polar surface area (TPSA) is 69.7 Å². The molecule has 3 aliphatic heterocycles. The summed E-state index contributed by atoms with van der Waals surface area (Å²) in [5, 5.41) is 6.23. The maximum atomic E-state index is 7.64. The normalized spacial score (nSPS) is 47.3. The minimum Gasteiger partial charge on any atom is -0.490 e. The minimum absolute atomic E-state index is 0.0153. The Labute approximate surface area is 349 Å². The van der Waals surface area contributed by atoms with E-state index >= 15 is 0 Å². The zero-order valence-corrected chi connectivity index (χ0v) is 38.3. The third kappa shape index (κ3) is 5.07. The molecule has 4 heterocycles. The van der Waals surface area contributed by atoms with Crippen LogP contribution in [0.5, 0.6) is 0 Å². The van der Waals surface area contributed by atoms with E-state index in [4.69, 9.17) is 20.3 Å². The third-order valence-corrected chi connectivity index (χ3v) is 21.0. The molecule has 7 heteroatoms. The molecular weight excluding hydrogens is 721 g/mol. The average Bonchev–Trinajstić information content (AvgIpc) is 3.13. The molecule has 5 fully saturated rings. The molecular formula is C50H75N4O2S+. The Morgan fingerprint density at radius 1 is 1.04 bits per heavy atom. The molecule has 1 aromatic rings. The fourth-order valence-electron chi connectivity index (χ4n) is 15.1. The summed E-state index contributed by atoms with van der Waals surface area (Å²) < 4.78 is 15.0. The molecule has 0 aromatic carbocycles. The van der Waals surface area contributed by atoms with Crippen molar-refractivity contribution in [3.05, 3.63) is 59.7 Å². The standard InChI is InChI=1S/C50H75N4O2S/c1-31(2)32(3)49-24-23-46(10)36-17-18-40-45(9)30-57-34(5)50(40,37(36)19-22-48(46)28-39(56-49)42(48)49)33(4)41(43(45)55-29-47(11,51)44(6,7)8)54(12)38(16-14-13-15-25-53-54)35-20-26-52-27-21-35/h16,19-21,25-28,31-34,36,40-43H,13-15,17-18,22-24,29-30,51H2,1-12H3/q+1. The van der Waals surface area contributed by atoms with Crippen molar-refractivity contribution in [2.75, 3.05) is 19.4 Å². The Balaban J connectivity index is 1.22. The van der Waals surface area contributed by atoms with Crippen LogP contribution in [0.1, 0.15) is 133 Å². The highest BCUT2D eigenvalue weighted by Crippen LogP contribution is 2.82. The number of fused-ring (bicyclic) bond motifs is 2. The van der Waals surface area contributed by atoms with Crippen LogP contribution in [0.2, 0.25) is 0 Å². The van der Waals surface area contributed by atoms with Gasteiger partial charge in [-0.15, -0.1) is 0 Å². The molecule has 15 unspecified atom stereocenters. The van der Waals surface area contributed by atoms with Gasteiger partial charge in [-0.2, -0.15) is 16.4 Å². The Hall–Kier alpha value is -1.93. The van der Waals surface area contributed by atoms with Crippen molar-refractivity contribution < 1.29 is 14.1 Å². The molecule has 0 radical (unpaired) electrons. The highest BCUT2D eigenvalue weighted by atomic mass is 32.2. The number of hydrogen-bond donors (Lipinski definition) is 1. The Morgan fingerprint density at radius 2 is 1.77 bits per heavy atom. The van der Waals surface area contributed by atoms with E-state index in [9.17, 15) is 0 Å². The van der Waals surface area contributed by atoms with Crippen molar-refractivity contribution in [1.82, 2.24) is 4.98 Å². The predicted octanol–water partition coefficient (Wildman–Crippen LogP) is 11.1. The van der Waals surface area contributed by atoms with Gasteiger partial charge in [0.05, 0.1) is 25.8 Å². The molecule has 312 valence electrons. The van der Waals surface area contributed by atoms with Crippen LogP contribution in [0.15, 0.2) is 59.2 Å². The highest BCUT2D eigenvalue weighted by molar-refractivity contribution is 8.00. The smallest absolute Gasteiger partial charge is 0.162 e. The Bertz CT molecular complexity index is 1900. The lowest BCUT2D eigenvalue weighted by atomic mass is 9.30. The summed E-state index contributed by atoms with van der Waals surface area (Å²) in [4.78, 5) is 4.47. The number of thioether (sulfide) groups is 1. The summed E-state index contributed by atoms with van der Waals surface area (Å²) in [5.41, 5.74) is 11.4. The molecule has 2 saturated heterocycles. The van der Waals surface area contributed by atoms with Crippen LogP contribution < -0.4 is 5.73 Å².